The summed E-state index contributed by atoms with van der Waals surface area (Å²) < 4.78 is 4.98. The third-order valence-electron chi connectivity index (χ3n) is 8.62. The molecule has 4 aliphatic rings. The van der Waals surface area contributed by atoms with E-state index in [0.29, 0.717) is 24.5 Å². The van der Waals surface area contributed by atoms with E-state index < -0.39 is 5.41 Å². The standard InChI is InChI=1S/C23H30O4/c1-13(21(26)27-4)17-7-8-18-16-6-5-14-11-15(24)9-10-22(14,2)19(16)12-20(25)23(17,18)3/h5-6,11,13,16-19H,7-10,12H2,1-4H3. The Morgan fingerprint density at radius 2 is 1.96 bits per heavy atom. The number of Topliss-reactive ketones (excluding diaryl/α,β-unsaturated/α-hetero) is 1. The zero-order chi connectivity index (χ0) is 19.6. The van der Waals surface area contributed by atoms with Crippen LogP contribution < -0.4 is 0 Å². The lowest BCUT2D eigenvalue weighted by atomic mass is 9.48. The van der Waals surface area contributed by atoms with Crippen LogP contribution in [0.15, 0.2) is 23.8 Å². The molecule has 146 valence electrons. The number of methoxy groups -OCH3 is 1. The SMILES string of the molecule is COC(=O)C(C)C1CCC2C3C=CC4=CC(=O)CCC4(C)C3CC(=O)C12C. The highest BCUT2D eigenvalue weighted by molar-refractivity contribution is 5.93. The topological polar surface area (TPSA) is 60.4 Å². The minimum atomic E-state index is -0.457. The lowest BCUT2D eigenvalue weighted by Gasteiger charge is -2.55. The van der Waals surface area contributed by atoms with Gasteiger partial charge in [0, 0.05) is 18.3 Å². The van der Waals surface area contributed by atoms with E-state index in [-0.39, 0.29) is 40.8 Å². The average molecular weight is 370 g/mol. The van der Waals surface area contributed by atoms with Crippen LogP contribution >= 0.6 is 0 Å². The van der Waals surface area contributed by atoms with Crippen LogP contribution in [0.4, 0.5) is 0 Å². The Kier molecular flexibility index (Phi) is 4.25. The second-order valence-corrected chi connectivity index (χ2v) is 9.54. The molecule has 2 saturated carbocycles. The van der Waals surface area contributed by atoms with Gasteiger partial charge in [-0.05, 0) is 60.0 Å². The first-order valence-electron chi connectivity index (χ1n) is 10.3. The third-order valence-corrected chi connectivity index (χ3v) is 8.62. The van der Waals surface area contributed by atoms with Gasteiger partial charge in [0.25, 0.3) is 0 Å². The van der Waals surface area contributed by atoms with Gasteiger partial charge >= 0.3 is 5.97 Å². The van der Waals surface area contributed by atoms with Gasteiger partial charge in [0.15, 0.2) is 5.78 Å². The number of carbonyl (C=O) groups is 3. The number of esters is 1. The summed E-state index contributed by atoms with van der Waals surface area (Å²) in [5, 5.41) is 0. The number of rotatable bonds is 2. The van der Waals surface area contributed by atoms with Crippen LogP contribution in [0.1, 0.15) is 52.9 Å². The fraction of sp³-hybridized carbons (Fsp3) is 0.696. The van der Waals surface area contributed by atoms with Crippen LogP contribution in [-0.2, 0) is 19.1 Å². The van der Waals surface area contributed by atoms with Crippen molar-refractivity contribution < 1.29 is 19.1 Å². The van der Waals surface area contributed by atoms with Crippen molar-refractivity contribution >= 4 is 17.5 Å². The molecule has 0 aliphatic heterocycles. The molecule has 4 heteroatoms. The van der Waals surface area contributed by atoms with Gasteiger partial charge in [-0.2, -0.15) is 0 Å². The molecule has 0 heterocycles. The Bertz CT molecular complexity index is 762. The molecule has 0 spiro atoms. The first-order chi connectivity index (χ1) is 12.7. The Morgan fingerprint density at radius 1 is 1.22 bits per heavy atom. The molecule has 4 aliphatic carbocycles. The number of carbonyl (C=O) groups excluding carboxylic acids is 3. The molecule has 4 nitrogen and oxygen atoms in total. The van der Waals surface area contributed by atoms with Crippen molar-refractivity contribution in [1.29, 1.82) is 0 Å². The van der Waals surface area contributed by atoms with Crippen LogP contribution in [0, 0.1) is 40.4 Å². The Hall–Kier alpha value is -1.71. The molecule has 4 rings (SSSR count). The molecule has 0 aromatic carbocycles. The van der Waals surface area contributed by atoms with Crippen LogP contribution in [-0.4, -0.2) is 24.6 Å². The molecular weight excluding hydrogens is 340 g/mol. The van der Waals surface area contributed by atoms with Gasteiger partial charge in [-0.3, -0.25) is 14.4 Å². The zero-order valence-corrected chi connectivity index (χ0v) is 16.8. The van der Waals surface area contributed by atoms with Crippen LogP contribution in [0.3, 0.4) is 0 Å². The highest BCUT2D eigenvalue weighted by Gasteiger charge is 2.63. The Morgan fingerprint density at radius 3 is 2.67 bits per heavy atom. The number of hydrogen-bond donors (Lipinski definition) is 0. The van der Waals surface area contributed by atoms with Crippen LogP contribution in [0.5, 0.6) is 0 Å². The number of fused-ring (bicyclic) bond motifs is 5. The molecule has 0 radical (unpaired) electrons. The molecule has 0 saturated heterocycles. The van der Waals surface area contributed by atoms with Gasteiger partial charge in [0.2, 0.25) is 0 Å². The molecule has 7 unspecified atom stereocenters. The number of ether oxygens (including phenoxy) is 1. The monoisotopic (exact) mass is 370 g/mol. The van der Waals surface area contributed by atoms with Gasteiger partial charge in [-0.1, -0.05) is 32.9 Å². The van der Waals surface area contributed by atoms with E-state index in [4.69, 9.17) is 4.74 Å². The highest BCUT2D eigenvalue weighted by atomic mass is 16.5. The fourth-order valence-electron chi connectivity index (χ4n) is 6.90. The molecular formula is C23H30O4. The molecule has 27 heavy (non-hydrogen) atoms. The minimum Gasteiger partial charge on any atom is -0.469 e. The number of hydrogen-bond acceptors (Lipinski definition) is 4. The molecule has 0 amide bonds. The van der Waals surface area contributed by atoms with Crippen molar-refractivity contribution in [3.05, 3.63) is 23.8 Å². The lowest BCUT2D eigenvalue weighted by molar-refractivity contribution is -0.153. The van der Waals surface area contributed by atoms with Gasteiger partial charge in [-0.15, -0.1) is 0 Å². The maximum Gasteiger partial charge on any atom is 0.308 e. The molecule has 2 fully saturated rings. The summed E-state index contributed by atoms with van der Waals surface area (Å²) in [6.07, 6.45) is 10.0. The summed E-state index contributed by atoms with van der Waals surface area (Å²) in [6, 6.07) is 0. The Labute approximate surface area is 161 Å². The molecule has 0 aromatic heterocycles. The summed E-state index contributed by atoms with van der Waals surface area (Å²) in [4.78, 5) is 37.6. The van der Waals surface area contributed by atoms with Gasteiger partial charge in [-0.25, -0.2) is 0 Å². The molecule has 0 N–H and O–H groups in total. The van der Waals surface area contributed by atoms with E-state index in [0.717, 1.165) is 24.8 Å². The van der Waals surface area contributed by atoms with Gasteiger partial charge < -0.3 is 4.74 Å². The van der Waals surface area contributed by atoms with E-state index in [2.05, 4.69) is 26.0 Å². The maximum atomic E-state index is 13.5. The summed E-state index contributed by atoms with van der Waals surface area (Å²) in [6.45, 7) is 6.25. The van der Waals surface area contributed by atoms with E-state index >= 15 is 0 Å². The summed E-state index contributed by atoms with van der Waals surface area (Å²) in [7, 11) is 1.43. The minimum absolute atomic E-state index is 0.0504. The van der Waals surface area contributed by atoms with Gasteiger partial charge in [0.05, 0.1) is 13.0 Å². The normalized spacial score (nSPS) is 44.1. The lowest BCUT2D eigenvalue weighted by Crippen LogP contribution is -2.54. The van der Waals surface area contributed by atoms with Crippen molar-refractivity contribution in [2.24, 2.45) is 40.4 Å². The second-order valence-electron chi connectivity index (χ2n) is 9.54. The third kappa shape index (κ3) is 2.44. The van der Waals surface area contributed by atoms with Crippen molar-refractivity contribution in [2.75, 3.05) is 7.11 Å². The van der Waals surface area contributed by atoms with E-state index in [9.17, 15) is 14.4 Å². The first-order valence-corrected chi connectivity index (χ1v) is 10.3. The number of allylic oxidation sites excluding steroid dienone is 4. The predicted molar refractivity (Wildman–Crippen MR) is 102 cm³/mol. The largest absolute Gasteiger partial charge is 0.469 e. The summed E-state index contributed by atoms with van der Waals surface area (Å²) in [5.74, 6) is 0.973. The molecule has 0 bridgehead atoms. The molecule has 0 aromatic rings. The van der Waals surface area contributed by atoms with E-state index in [1.54, 1.807) is 6.08 Å². The van der Waals surface area contributed by atoms with E-state index in [1.165, 1.54) is 7.11 Å². The Balaban J connectivity index is 1.72. The summed E-state index contributed by atoms with van der Waals surface area (Å²) in [5.41, 5.74) is 0.561. The first kappa shape index (κ1) is 18.6. The van der Waals surface area contributed by atoms with Crippen LogP contribution in [0.2, 0.25) is 0 Å². The van der Waals surface area contributed by atoms with Crippen molar-refractivity contribution in [2.45, 2.75) is 52.9 Å². The quantitative estimate of drug-likeness (QED) is 0.692. The van der Waals surface area contributed by atoms with Crippen molar-refractivity contribution in [3.8, 4) is 0 Å². The average Bonchev–Trinajstić information content (AvgIpc) is 3.01. The molecule has 7 atom stereocenters. The van der Waals surface area contributed by atoms with Crippen molar-refractivity contribution in [1.82, 2.24) is 0 Å². The van der Waals surface area contributed by atoms with Crippen molar-refractivity contribution in [3.63, 3.8) is 0 Å². The van der Waals surface area contributed by atoms with Gasteiger partial charge in [0.1, 0.15) is 5.78 Å². The predicted octanol–water partition coefficient (Wildman–Crippen LogP) is 3.90. The highest BCUT2D eigenvalue weighted by Crippen LogP contribution is 2.64. The second kappa shape index (κ2) is 6.15. The van der Waals surface area contributed by atoms with E-state index in [1.807, 2.05) is 6.92 Å². The van der Waals surface area contributed by atoms with Crippen LogP contribution in [0.25, 0.3) is 0 Å². The summed E-state index contributed by atoms with van der Waals surface area (Å²) >= 11 is 0. The maximum absolute atomic E-state index is 13.5. The fourth-order valence-corrected chi connectivity index (χ4v) is 6.90. The number of ketones is 2. The zero-order valence-electron chi connectivity index (χ0n) is 16.8. The smallest absolute Gasteiger partial charge is 0.308 e.